The Labute approximate surface area is 111 Å². The van der Waals surface area contributed by atoms with Crippen LogP contribution < -0.4 is 0 Å². The number of hydrogen-bond donors (Lipinski definition) is 0. The summed E-state index contributed by atoms with van der Waals surface area (Å²) in [6.07, 6.45) is 2.50. The summed E-state index contributed by atoms with van der Waals surface area (Å²) in [5, 5.41) is 0. The number of rotatable bonds is 1. The number of nitrogens with zero attached hydrogens (tertiary/aromatic N) is 1. The van der Waals surface area contributed by atoms with Crippen molar-refractivity contribution in [1.29, 1.82) is 0 Å². The van der Waals surface area contributed by atoms with Crippen molar-refractivity contribution in [3.8, 4) is 0 Å². The summed E-state index contributed by atoms with van der Waals surface area (Å²) in [6.45, 7) is 2.27. The minimum atomic E-state index is 0.298. The third kappa shape index (κ3) is 1.60. The van der Waals surface area contributed by atoms with Crippen LogP contribution in [0.25, 0.3) is 0 Å². The molecule has 1 fully saturated rings. The van der Waals surface area contributed by atoms with Crippen LogP contribution in [0.2, 0.25) is 0 Å². The van der Waals surface area contributed by atoms with Gasteiger partial charge in [0.2, 0.25) is 0 Å². The standard InChI is InChI=1S/C8H7Br4N/c1-8(2-3-8)13-6(11)4(9)5(10)7(13)12/h2-3H2,1H3. The minimum absolute atomic E-state index is 0.298. The van der Waals surface area contributed by atoms with E-state index >= 15 is 0 Å². The highest BCUT2D eigenvalue weighted by Gasteiger charge is 2.42. The fraction of sp³-hybridized carbons (Fsp3) is 0.500. The molecule has 0 spiro atoms. The van der Waals surface area contributed by atoms with E-state index in [0.29, 0.717) is 5.54 Å². The molecule has 0 N–H and O–H groups in total. The van der Waals surface area contributed by atoms with Gasteiger partial charge in [0, 0.05) is 5.54 Å². The summed E-state index contributed by atoms with van der Waals surface area (Å²) in [4.78, 5) is 0. The lowest BCUT2D eigenvalue weighted by Crippen LogP contribution is -2.12. The second-order valence-electron chi connectivity index (χ2n) is 3.54. The summed E-state index contributed by atoms with van der Waals surface area (Å²) < 4.78 is 6.64. The number of hydrogen-bond acceptors (Lipinski definition) is 0. The van der Waals surface area contributed by atoms with E-state index in [-0.39, 0.29) is 0 Å². The fourth-order valence-corrected chi connectivity index (χ4v) is 4.45. The van der Waals surface area contributed by atoms with Gasteiger partial charge in [-0.25, -0.2) is 0 Å². The first-order valence-electron chi connectivity index (χ1n) is 3.88. The Kier molecular flexibility index (Phi) is 2.76. The van der Waals surface area contributed by atoms with Gasteiger partial charge in [-0.15, -0.1) is 0 Å². The van der Waals surface area contributed by atoms with Crippen LogP contribution in [0.1, 0.15) is 19.8 Å². The SMILES string of the molecule is CC1(n2c(Br)c(Br)c(Br)c2Br)CC1. The van der Waals surface area contributed by atoms with Crippen molar-refractivity contribution in [3.63, 3.8) is 0 Å². The van der Waals surface area contributed by atoms with E-state index in [9.17, 15) is 0 Å². The predicted molar refractivity (Wildman–Crippen MR) is 68.1 cm³/mol. The van der Waals surface area contributed by atoms with E-state index in [1.54, 1.807) is 0 Å². The normalized spacial score (nSPS) is 19.2. The molecule has 0 radical (unpaired) electrons. The lowest BCUT2D eigenvalue weighted by molar-refractivity contribution is 0.514. The predicted octanol–water partition coefficient (Wildman–Crippen LogP) is 5.05. The van der Waals surface area contributed by atoms with Gasteiger partial charge in [0.05, 0.1) is 8.95 Å². The highest BCUT2D eigenvalue weighted by Crippen LogP contribution is 2.51. The molecule has 2 rings (SSSR count). The van der Waals surface area contributed by atoms with E-state index in [2.05, 4.69) is 75.2 Å². The molecule has 1 aromatic rings. The molecule has 1 nitrogen and oxygen atoms in total. The average molecular weight is 437 g/mol. The number of halogens is 4. The molecule has 1 aliphatic rings. The fourth-order valence-electron chi connectivity index (χ4n) is 1.34. The Balaban J connectivity index is 2.63. The largest absolute Gasteiger partial charge is 0.322 e. The summed E-state index contributed by atoms with van der Waals surface area (Å²) in [5.41, 5.74) is 0.298. The molecule has 0 aliphatic heterocycles. The van der Waals surface area contributed by atoms with Crippen molar-refractivity contribution in [2.45, 2.75) is 25.3 Å². The maximum atomic E-state index is 3.58. The Hall–Kier alpha value is 1.20. The molecular weight excluding hydrogens is 430 g/mol. The Bertz CT molecular complexity index is 339. The Morgan fingerprint density at radius 3 is 1.69 bits per heavy atom. The van der Waals surface area contributed by atoms with Crippen LogP contribution >= 0.6 is 63.7 Å². The number of aromatic nitrogens is 1. The second kappa shape index (κ2) is 3.35. The van der Waals surface area contributed by atoms with Gasteiger partial charge in [-0.1, -0.05) is 0 Å². The van der Waals surface area contributed by atoms with Crippen LogP contribution in [0.15, 0.2) is 18.2 Å². The topological polar surface area (TPSA) is 4.93 Å². The van der Waals surface area contributed by atoms with Crippen LogP contribution in [-0.4, -0.2) is 4.57 Å². The molecule has 1 saturated carbocycles. The quantitative estimate of drug-likeness (QED) is 0.581. The Morgan fingerprint density at radius 1 is 1.00 bits per heavy atom. The highest BCUT2D eigenvalue weighted by atomic mass is 79.9. The van der Waals surface area contributed by atoms with Gasteiger partial charge in [0.25, 0.3) is 0 Å². The van der Waals surface area contributed by atoms with Crippen molar-refractivity contribution < 1.29 is 0 Å². The first-order valence-corrected chi connectivity index (χ1v) is 7.06. The maximum absolute atomic E-state index is 3.58. The molecule has 0 aromatic carbocycles. The monoisotopic (exact) mass is 433 g/mol. The van der Waals surface area contributed by atoms with E-state index in [4.69, 9.17) is 0 Å². The minimum Gasteiger partial charge on any atom is -0.322 e. The van der Waals surface area contributed by atoms with Gasteiger partial charge in [0.15, 0.2) is 0 Å². The molecule has 13 heavy (non-hydrogen) atoms. The van der Waals surface area contributed by atoms with Crippen molar-refractivity contribution in [2.75, 3.05) is 0 Å². The van der Waals surface area contributed by atoms with Crippen molar-refractivity contribution in [1.82, 2.24) is 4.57 Å². The van der Waals surface area contributed by atoms with E-state index in [1.807, 2.05) is 0 Å². The van der Waals surface area contributed by atoms with Crippen LogP contribution in [0, 0.1) is 0 Å². The van der Waals surface area contributed by atoms with Gasteiger partial charge in [-0.05, 0) is 83.5 Å². The molecule has 1 heterocycles. The first kappa shape index (κ1) is 10.7. The third-order valence-electron chi connectivity index (χ3n) is 2.46. The van der Waals surface area contributed by atoms with Gasteiger partial charge < -0.3 is 4.57 Å². The molecule has 0 unspecified atom stereocenters. The van der Waals surface area contributed by atoms with Crippen molar-refractivity contribution in [2.24, 2.45) is 0 Å². The second-order valence-corrected chi connectivity index (χ2v) is 6.63. The summed E-state index contributed by atoms with van der Waals surface area (Å²) >= 11 is 14.2. The molecule has 0 saturated heterocycles. The first-order chi connectivity index (χ1) is 5.97. The highest BCUT2D eigenvalue weighted by molar-refractivity contribution is 9.15. The van der Waals surface area contributed by atoms with Crippen LogP contribution in [0.5, 0.6) is 0 Å². The molecule has 1 aromatic heterocycles. The summed E-state index contributed by atoms with van der Waals surface area (Å²) in [5.74, 6) is 0. The zero-order chi connectivity index (χ0) is 9.80. The van der Waals surface area contributed by atoms with Gasteiger partial charge in [-0.2, -0.15) is 0 Å². The molecule has 0 amide bonds. The van der Waals surface area contributed by atoms with Crippen LogP contribution in [-0.2, 0) is 5.54 Å². The molecule has 0 atom stereocenters. The molecular formula is C8H7Br4N. The van der Waals surface area contributed by atoms with Gasteiger partial charge in [0.1, 0.15) is 9.21 Å². The van der Waals surface area contributed by atoms with Crippen molar-refractivity contribution in [3.05, 3.63) is 18.2 Å². The van der Waals surface area contributed by atoms with Crippen LogP contribution in [0.3, 0.4) is 0 Å². The van der Waals surface area contributed by atoms with Crippen molar-refractivity contribution >= 4 is 63.7 Å². The van der Waals surface area contributed by atoms with Gasteiger partial charge in [-0.3, -0.25) is 0 Å². The summed E-state index contributed by atoms with van der Waals surface area (Å²) in [6, 6.07) is 0. The van der Waals surface area contributed by atoms with Gasteiger partial charge >= 0.3 is 0 Å². The summed E-state index contributed by atoms with van der Waals surface area (Å²) in [7, 11) is 0. The average Bonchev–Trinajstić information content (AvgIpc) is 2.77. The maximum Gasteiger partial charge on any atom is 0.102 e. The smallest absolute Gasteiger partial charge is 0.102 e. The molecule has 5 heteroatoms. The van der Waals surface area contributed by atoms with Crippen LogP contribution in [0.4, 0.5) is 0 Å². The zero-order valence-electron chi connectivity index (χ0n) is 6.87. The molecule has 0 bridgehead atoms. The van der Waals surface area contributed by atoms with E-state index in [1.165, 1.54) is 12.8 Å². The molecule has 1 aliphatic carbocycles. The van der Waals surface area contributed by atoms with E-state index in [0.717, 1.165) is 18.2 Å². The van der Waals surface area contributed by atoms with E-state index < -0.39 is 0 Å². The zero-order valence-corrected chi connectivity index (χ0v) is 13.2. The molecule has 72 valence electrons. The lowest BCUT2D eigenvalue weighted by Gasteiger charge is -2.14. The lowest BCUT2D eigenvalue weighted by atomic mass is 10.3. The Morgan fingerprint density at radius 2 is 1.38 bits per heavy atom. The third-order valence-corrected chi connectivity index (χ3v) is 7.10.